The summed E-state index contributed by atoms with van der Waals surface area (Å²) in [6.45, 7) is 0.391. The Morgan fingerprint density at radius 1 is 1.32 bits per heavy atom. The van der Waals surface area contributed by atoms with E-state index in [1.165, 1.54) is 18.4 Å². The molecule has 1 aromatic heterocycles. The maximum atomic E-state index is 11.2. The lowest BCUT2D eigenvalue weighted by Gasteiger charge is -2.05. The topological polar surface area (TPSA) is 52.6 Å². The van der Waals surface area contributed by atoms with Gasteiger partial charge < -0.3 is 9.47 Å². The van der Waals surface area contributed by atoms with Crippen LogP contribution in [0.1, 0.15) is 25.6 Å². The second-order valence-corrected chi connectivity index (χ2v) is 4.72. The molecule has 0 bridgehead atoms. The van der Waals surface area contributed by atoms with Gasteiger partial charge in [0.2, 0.25) is 0 Å². The van der Waals surface area contributed by atoms with Gasteiger partial charge >= 0.3 is 5.97 Å². The number of carbonyl (C=O) groups is 2. The fourth-order valence-electron chi connectivity index (χ4n) is 1.50. The zero-order valence-electron chi connectivity index (χ0n) is 10.3. The first-order valence-corrected chi connectivity index (χ1v) is 6.44. The zero-order valence-corrected chi connectivity index (χ0v) is 11.1. The molecular weight excluding hydrogens is 264 g/mol. The van der Waals surface area contributed by atoms with Crippen molar-refractivity contribution in [3.05, 3.63) is 51.7 Å². The SMILES string of the molecule is COC(=O)c1ccc(OCc2csc(C=O)c2)cc1. The van der Waals surface area contributed by atoms with E-state index < -0.39 is 0 Å². The van der Waals surface area contributed by atoms with Crippen LogP contribution < -0.4 is 4.74 Å². The van der Waals surface area contributed by atoms with E-state index in [0.717, 1.165) is 11.8 Å². The summed E-state index contributed by atoms with van der Waals surface area (Å²) in [5.41, 5.74) is 1.43. The first kappa shape index (κ1) is 13.3. The van der Waals surface area contributed by atoms with Crippen molar-refractivity contribution in [3.8, 4) is 5.75 Å². The predicted octanol–water partition coefficient (Wildman–Crippen LogP) is 2.93. The highest BCUT2D eigenvalue weighted by atomic mass is 32.1. The van der Waals surface area contributed by atoms with Crippen molar-refractivity contribution < 1.29 is 19.1 Å². The molecule has 19 heavy (non-hydrogen) atoms. The lowest BCUT2D eigenvalue weighted by Crippen LogP contribution is -2.01. The van der Waals surface area contributed by atoms with Crippen LogP contribution in [0.15, 0.2) is 35.7 Å². The zero-order chi connectivity index (χ0) is 13.7. The largest absolute Gasteiger partial charge is 0.489 e. The molecule has 98 valence electrons. The maximum Gasteiger partial charge on any atom is 0.337 e. The molecule has 0 N–H and O–H groups in total. The number of methoxy groups -OCH3 is 1. The number of hydrogen-bond donors (Lipinski definition) is 0. The van der Waals surface area contributed by atoms with Gasteiger partial charge in [0.05, 0.1) is 17.6 Å². The number of rotatable bonds is 5. The molecule has 0 spiro atoms. The van der Waals surface area contributed by atoms with Crippen LogP contribution in [0.5, 0.6) is 5.75 Å². The van der Waals surface area contributed by atoms with Gasteiger partial charge in [-0.05, 0) is 35.7 Å². The number of benzene rings is 1. The normalized spacial score (nSPS) is 9.95. The van der Waals surface area contributed by atoms with Crippen molar-refractivity contribution in [1.29, 1.82) is 0 Å². The van der Waals surface area contributed by atoms with Crippen LogP contribution in [0.25, 0.3) is 0 Å². The second-order valence-electron chi connectivity index (χ2n) is 3.78. The van der Waals surface area contributed by atoms with Gasteiger partial charge in [-0.15, -0.1) is 11.3 Å². The van der Waals surface area contributed by atoms with E-state index >= 15 is 0 Å². The Hall–Kier alpha value is -2.14. The van der Waals surface area contributed by atoms with Crippen LogP contribution >= 0.6 is 11.3 Å². The summed E-state index contributed by atoms with van der Waals surface area (Å²) in [4.78, 5) is 22.5. The maximum absolute atomic E-state index is 11.2. The number of ether oxygens (including phenoxy) is 2. The monoisotopic (exact) mass is 276 g/mol. The number of hydrogen-bond acceptors (Lipinski definition) is 5. The molecule has 0 saturated carbocycles. The standard InChI is InChI=1S/C14H12O4S/c1-17-14(16)11-2-4-12(5-3-11)18-8-10-6-13(7-15)19-9-10/h2-7,9H,8H2,1H3. The van der Waals surface area contributed by atoms with Crippen molar-refractivity contribution in [1.82, 2.24) is 0 Å². The highest BCUT2D eigenvalue weighted by Crippen LogP contribution is 2.17. The second kappa shape index (κ2) is 6.15. The van der Waals surface area contributed by atoms with Crippen molar-refractivity contribution in [2.24, 2.45) is 0 Å². The molecule has 2 rings (SSSR count). The van der Waals surface area contributed by atoms with Gasteiger partial charge in [0.15, 0.2) is 6.29 Å². The number of thiophene rings is 1. The molecule has 0 aliphatic heterocycles. The number of carbonyl (C=O) groups excluding carboxylic acids is 2. The van der Waals surface area contributed by atoms with Crippen LogP contribution in [-0.2, 0) is 11.3 Å². The van der Waals surface area contributed by atoms with E-state index in [1.54, 1.807) is 30.3 Å². The van der Waals surface area contributed by atoms with Gasteiger partial charge in [0.1, 0.15) is 12.4 Å². The van der Waals surface area contributed by atoms with E-state index in [1.807, 2.05) is 5.38 Å². The van der Waals surface area contributed by atoms with Crippen molar-refractivity contribution in [2.75, 3.05) is 7.11 Å². The summed E-state index contributed by atoms with van der Waals surface area (Å²) in [6, 6.07) is 8.50. The van der Waals surface area contributed by atoms with Crippen LogP contribution in [0.3, 0.4) is 0 Å². The molecule has 4 nitrogen and oxygen atoms in total. The Morgan fingerprint density at radius 2 is 2.05 bits per heavy atom. The molecule has 1 aromatic carbocycles. The molecule has 0 amide bonds. The highest BCUT2D eigenvalue weighted by Gasteiger charge is 2.05. The third kappa shape index (κ3) is 3.42. The number of esters is 1. The molecule has 0 aliphatic carbocycles. The van der Waals surface area contributed by atoms with Crippen LogP contribution in [0.2, 0.25) is 0 Å². The van der Waals surface area contributed by atoms with Crippen LogP contribution in [0.4, 0.5) is 0 Å². The van der Waals surface area contributed by atoms with Crippen molar-refractivity contribution in [3.63, 3.8) is 0 Å². The average Bonchev–Trinajstić information content (AvgIpc) is 2.93. The van der Waals surface area contributed by atoms with Gasteiger partial charge in [-0.25, -0.2) is 4.79 Å². The van der Waals surface area contributed by atoms with E-state index in [9.17, 15) is 9.59 Å². The molecule has 0 fully saturated rings. The van der Waals surface area contributed by atoms with E-state index in [2.05, 4.69) is 4.74 Å². The average molecular weight is 276 g/mol. The van der Waals surface area contributed by atoms with E-state index in [4.69, 9.17) is 4.74 Å². The van der Waals surface area contributed by atoms with Crippen molar-refractivity contribution in [2.45, 2.75) is 6.61 Å². The minimum Gasteiger partial charge on any atom is -0.489 e. The van der Waals surface area contributed by atoms with Crippen molar-refractivity contribution >= 4 is 23.6 Å². The van der Waals surface area contributed by atoms with Gasteiger partial charge in [-0.3, -0.25) is 4.79 Å². The minimum atomic E-state index is -0.375. The van der Waals surface area contributed by atoms with E-state index in [0.29, 0.717) is 22.8 Å². The quantitative estimate of drug-likeness (QED) is 0.622. The summed E-state index contributed by atoms with van der Waals surface area (Å²) in [5.74, 6) is 0.284. The summed E-state index contributed by atoms with van der Waals surface area (Å²) in [5, 5.41) is 1.88. The fourth-order valence-corrected chi connectivity index (χ4v) is 2.20. The Balaban J connectivity index is 1.96. The lowest BCUT2D eigenvalue weighted by molar-refractivity contribution is 0.0600. The molecule has 2 aromatic rings. The first-order valence-electron chi connectivity index (χ1n) is 5.56. The van der Waals surface area contributed by atoms with Crippen LogP contribution in [-0.4, -0.2) is 19.4 Å². The molecule has 0 radical (unpaired) electrons. The molecule has 0 unspecified atom stereocenters. The van der Waals surface area contributed by atoms with Gasteiger partial charge in [-0.1, -0.05) is 0 Å². The summed E-state index contributed by atoms with van der Waals surface area (Å²) in [6.07, 6.45) is 0.819. The molecular formula is C14H12O4S. The Morgan fingerprint density at radius 3 is 2.63 bits per heavy atom. The predicted molar refractivity (Wildman–Crippen MR) is 71.8 cm³/mol. The van der Waals surface area contributed by atoms with Gasteiger partial charge in [0.25, 0.3) is 0 Å². The first-order chi connectivity index (χ1) is 9.22. The molecule has 1 heterocycles. The lowest BCUT2D eigenvalue weighted by atomic mass is 10.2. The Kier molecular flexibility index (Phi) is 4.30. The summed E-state index contributed by atoms with van der Waals surface area (Å²) < 4.78 is 10.2. The molecule has 0 aliphatic rings. The van der Waals surface area contributed by atoms with Gasteiger partial charge in [0, 0.05) is 5.56 Å². The van der Waals surface area contributed by atoms with Crippen LogP contribution in [0, 0.1) is 0 Å². The third-order valence-corrected chi connectivity index (χ3v) is 3.38. The van der Waals surface area contributed by atoms with E-state index in [-0.39, 0.29) is 5.97 Å². The Labute approximate surface area is 114 Å². The number of aldehydes is 1. The summed E-state index contributed by atoms with van der Waals surface area (Å²) in [7, 11) is 1.34. The molecule has 0 atom stereocenters. The molecule has 0 saturated heterocycles. The Bertz CT molecular complexity index is 571. The minimum absolute atomic E-state index is 0.375. The highest BCUT2D eigenvalue weighted by molar-refractivity contribution is 7.11. The summed E-state index contributed by atoms with van der Waals surface area (Å²) >= 11 is 1.38. The smallest absolute Gasteiger partial charge is 0.337 e. The fraction of sp³-hybridized carbons (Fsp3) is 0.143. The third-order valence-electron chi connectivity index (χ3n) is 2.47. The van der Waals surface area contributed by atoms with Gasteiger partial charge in [-0.2, -0.15) is 0 Å². The molecule has 5 heteroatoms.